The zero-order valence-corrected chi connectivity index (χ0v) is 15.8. The van der Waals surface area contributed by atoms with Gasteiger partial charge in [0, 0.05) is 31.7 Å². The lowest BCUT2D eigenvalue weighted by atomic mass is 10.0. The summed E-state index contributed by atoms with van der Waals surface area (Å²) in [6.07, 6.45) is 2.22. The number of guanidine groups is 1. The third-order valence-corrected chi connectivity index (χ3v) is 4.58. The van der Waals surface area contributed by atoms with Gasteiger partial charge in [-0.3, -0.25) is 0 Å². The van der Waals surface area contributed by atoms with E-state index in [0.29, 0.717) is 18.6 Å². The molecular weight excluding hydrogens is 319 g/mol. The van der Waals surface area contributed by atoms with Crippen LogP contribution in [0, 0.1) is 5.82 Å². The molecule has 0 saturated carbocycles. The fraction of sp³-hybridized carbons (Fsp3) is 0.632. The molecule has 1 aromatic carbocycles. The van der Waals surface area contributed by atoms with Gasteiger partial charge in [-0.2, -0.15) is 0 Å². The van der Waals surface area contributed by atoms with Crippen molar-refractivity contribution < 1.29 is 9.13 Å². The van der Waals surface area contributed by atoms with Gasteiger partial charge in [0.25, 0.3) is 0 Å². The summed E-state index contributed by atoms with van der Waals surface area (Å²) in [5.74, 6) is 0.700. The lowest BCUT2D eigenvalue weighted by molar-refractivity contribution is 0.167. The van der Waals surface area contributed by atoms with E-state index >= 15 is 0 Å². The van der Waals surface area contributed by atoms with E-state index in [4.69, 9.17) is 4.74 Å². The van der Waals surface area contributed by atoms with Gasteiger partial charge in [0.05, 0.1) is 13.7 Å². The summed E-state index contributed by atoms with van der Waals surface area (Å²) in [6.45, 7) is 9.98. The highest BCUT2D eigenvalue weighted by atomic mass is 19.1. The van der Waals surface area contributed by atoms with Gasteiger partial charge in [0.2, 0.25) is 0 Å². The van der Waals surface area contributed by atoms with Gasteiger partial charge in [0.1, 0.15) is 0 Å². The molecule has 1 fully saturated rings. The quantitative estimate of drug-likeness (QED) is 0.612. The first-order valence-corrected chi connectivity index (χ1v) is 9.14. The van der Waals surface area contributed by atoms with Crippen molar-refractivity contribution in [2.45, 2.75) is 52.2 Å². The number of piperidine rings is 1. The minimum absolute atomic E-state index is 0.259. The van der Waals surface area contributed by atoms with Crippen molar-refractivity contribution in [1.82, 2.24) is 15.5 Å². The number of likely N-dealkylation sites (tertiary alicyclic amines) is 1. The Bertz CT molecular complexity index is 569. The molecule has 0 atom stereocenters. The maximum absolute atomic E-state index is 13.8. The molecule has 0 aromatic heterocycles. The minimum Gasteiger partial charge on any atom is -0.494 e. The summed E-state index contributed by atoms with van der Waals surface area (Å²) in [7, 11) is 1.47. The van der Waals surface area contributed by atoms with Gasteiger partial charge in [-0.05, 0) is 51.3 Å². The standard InChI is InChI=1S/C19H31FN4O/c1-5-21-19(23-16-8-10-24(11-9-16)14(2)3)22-13-15-6-7-18(25-4)17(20)12-15/h6-7,12,14,16H,5,8-11,13H2,1-4H3,(H2,21,22,23). The van der Waals surface area contributed by atoms with Crippen LogP contribution in [0.15, 0.2) is 23.2 Å². The van der Waals surface area contributed by atoms with E-state index in [1.807, 2.05) is 13.0 Å². The molecule has 1 aromatic rings. The van der Waals surface area contributed by atoms with Crippen molar-refractivity contribution in [1.29, 1.82) is 0 Å². The molecule has 1 saturated heterocycles. The summed E-state index contributed by atoms with van der Waals surface area (Å²) in [4.78, 5) is 7.10. The Kier molecular flexibility index (Phi) is 7.50. The molecule has 2 rings (SSSR count). The molecule has 0 aliphatic carbocycles. The van der Waals surface area contributed by atoms with E-state index in [1.165, 1.54) is 13.2 Å². The van der Waals surface area contributed by atoms with Crippen LogP contribution in [0.5, 0.6) is 5.75 Å². The van der Waals surface area contributed by atoms with Crippen LogP contribution in [0.25, 0.3) is 0 Å². The average molecular weight is 350 g/mol. The van der Waals surface area contributed by atoms with Gasteiger partial charge in [0.15, 0.2) is 17.5 Å². The summed E-state index contributed by atoms with van der Waals surface area (Å²) in [5.41, 5.74) is 0.824. The highest BCUT2D eigenvalue weighted by Gasteiger charge is 2.21. The first kappa shape index (κ1) is 19.5. The second-order valence-electron chi connectivity index (χ2n) is 6.71. The van der Waals surface area contributed by atoms with E-state index in [9.17, 15) is 4.39 Å². The number of hydrogen-bond donors (Lipinski definition) is 2. The number of nitrogens with zero attached hydrogens (tertiary/aromatic N) is 2. The third kappa shape index (κ3) is 5.88. The monoisotopic (exact) mass is 350 g/mol. The van der Waals surface area contributed by atoms with Crippen molar-refractivity contribution in [2.24, 2.45) is 4.99 Å². The normalized spacial score (nSPS) is 17.0. The summed E-state index contributed by atoms with van der Waals surface area (Å²) in [6, 6.07) is 6.00. The van der Waals surface area contributed by atoms with Gasteiger partial charge in [-0.15, -0.1) is 0 Å². The Morgan fingerprint density at radius 3 is 2.64 bits per heavy atom. The predicted octanol–water partition coefficient (Wildman–Crippen LogP) is 2.76. The molecule has 6 heteroatoms. The Morgan fingerprint density at radius 1 is 1.36 bits per heavy atom. The van der Waals surface area contributed by atoms with E-state index in [-0.39, 0.29) is 11.6 Å². The number of methoxy groups -OCH3 is 1. The fourth-order valence-corrected chi connectivity index (χ4v) is 3.05. The van der Waals surface area contributed by atoms with Crippen molar-refractivity contribution in [3.63, 3.8) is 0 Å². The molecule has 0 unspecified atom stereocenters. The number of halogens is 1. The largest absolute Gasteiger partial charge is 0.494 e. The SMILES string of the molecule is CCNC(=NCc1ccc(OC)c(F)c1)NC1CCN(C(C)C)CC1. The molecule has 0 radical (unpaired) electrons. The number of benzene rings is 1. The molecule has 0 amide bonds. The molecular formula is C19H31FN4O. The molecule has 1 aliphatic rings. The molecule has 1 heterocycles. The number of rotatable bonds is 6. The van der Waals surface area contributed by atoms with Crippen molar-refractivity contribution in [3.05, 3.63) is 29.6 Å². The zero-order valence-electron chi connectivity index (χ0n) is 15.8. The molecule has 25 heavy (non-hydrogen) atoms. The topological polar surface area (TPSA) is 48.9 Å². The molecule has 2 N–H and O–H groups in total. The minimum atomic E-state index is -0.353. The van der Waals surface area contributed by atoms with Crippen LogP contribution in [0.2, 0.25) is 0 Å². The van der Waals surface area contributed by atoms with E-state index in [2.05, 4.69) is 34.4 Å². The first-order chi connectivity index (χ1) is 12.0. The second kappa shape index (κ2) is 9.61. The van der Waals surface area contributed by atoms with Crippen LogP contribution >= 0.6 is 0 Å². The van der Waals surface area contributed by atoms with Gasteiger partial charge < -0.3 is 20.3 Å². The maximum Gasteiger partial charge on any atom is 0.191 e. The second-order valence-corrected chi connectivity index (χ2v) is 6.71. The molecule has 140 valence electrons. The van der Waals surface area contributed by atoms with Crippen molar-refractivity contribution in [3.8, 4) is 5.75 Å². The smallest absolute Gasteiger partial charge is 0.191 e. The Morgan fingerprint density at radius 2 is 2.08 bits per heavy atom. The van der Waals surface area contributed by atoms with E-state index in [1.54, 1.807) is 6.07 Å². The summed E-state index contributed by atoms with van der Waals surface area (Å²) in [5, 5.41) is 6.80. The number of hydrogen-bond acceptors (Lipinski definition) is 3. The molecule has 5 nitrogen and oxygen atoms in total. The highest BCUT2D eigenvalue weighted by molar-refractivity contribution is 5.80. The molecule has 1 aliphatic heterocycles. The lowest BCUT2D eigenvalue weighted by Gasteiger charge is -2.35. The van der Waals surface area contributed by atoms with E-state index in [0.717, 1.165) is 44.0 Å². The van der Waals surface area contributed by atoms with Gasteiger partial charge in [-0.1, -0.05) is 6.07 Å². The Hall–Kier alpha value is -1.82. The van der Waals surface area contributed by atoms with Crippen molar-refractivity contribution in [2.75, 3.05) is 26.7 Å². The number of ether oxygens (including phenoxy) is 1. The summed E-state index contributed by atoms with van der Waals surface area (Å²) < 4.78 is 18.7. The Labute approximate surface area is 150 Å². The van der Waals surface area contributed by atoms with Crippen LogP contribution < -0.4 is 15.4 Å². The van der Waals surface area contributed by atoms with Gasteiger partial charge >= 0.3 is 0 Å². The van der Waals surface area contributed by atoms with Crippen LogP contribution in [-0.2, 0) is 6.54 Å². The van der Waals surface area contributed by atoms with Gasteiger partial charge in [-0.25, -0.2) is 9.38 Å². The average Bonchev–Trinajstić information content (AvgIpc) is 2.60. The molecule has 0 spiro atoms. The predicted molar refractivity (Wildman–Crippen MR) is 101 cm³/mol. The third-order valence-electron chi connectivity index (χ3n) is 4.58. The van der Waals surface area contributed by atoms with Crippen molar-refractivity contribution >= 4 is 5.96 Å². The lowest BCUT2D eigenvalue weighted by Crippen LogP contribution is -2.49. The first-order valence-electron chi connectivity index (χ1n) is 9.14. The highest BCUT2D eigenvalue weighted by Crippen LogP contribution is 2.18. The number of aliphatic imine (C=N–C) groups is 1. The van der Waals surface area contributed by atoms with Crippen LogP contribution in [0.1, 0.15) is 39.2 Å². The number of nitrogens with one attached hydrogen (secondary N) is 2. The Balaban J connectivity index is 1.93. The zero-order chi connectivity index (χ0) is 18.2. The van der Waals surface area contributed by atoms with Crippen LogP contribution in [0.3, 0.4) is 0 Å². The van der Waals surface area contributed by atoms with Crippen LogP contribution in [-0.4, -0.2) is 49.7 Å². The molecule has 0 bridgehead atoms. The maximum atomic E-state index is 13.8. The van der Waals surface area contributed by atoms with Crippen LogP contribution in [0.4, 0.5) is 4.39 Å². The van der Waals surface area contributed by atoms with E-state index < -0.39 is 0 Å². The summed E-state index contributed by atoms with van der Waals surface area (Å²) >= 11 is 0. The fourth-order valence-electron chi connectivity index (χ4n) is 3.05.